The quantitative estimate of drug-likeness (QED) is 0.114. The van der Waals surface area contributed by atoms with Gasteiger partial charge >= 0.3 is 12.1 Å². The molecular weight excluding hydrogens is 692 g/mol. The molecule has 0 aliphatic heterocycles. The van der Waals surface area contributed by atoms with Crippen LogP contribution in [0.15, 0.2) is 109 Å². The molecule has 1 aromatic heterocycles. The van der Waals surface area contributed by atoms with Gasteiger partial charge in [-0.05, 0) is 63.9 Å². The molecule has 1 unspecified atom stereocenters. The largest absolute Gasteiger partial charge is 0.480 e. The fraction of sp³-hybridized carbons (Fsp3) is 0.279. The van der Waals surface area contributed by atoms with Crippen LogP contribution in [0, 0.1) is 17.0 Å². The fourth-order valence-corrected chi connectivity index (χ4v) is 7.41. The number of aliphatic carboxylic acids is 1. The predicted molar refractivity (Wildman–Crippen MR) is 201 cm³/mol. The molecule has 2 amide bonds. The van der Waals surface area contributed by atoms with E-state index in [0.717, 1.165) is 46.0 Å². The summed E-state index contributed by atoms with van der Waals surface area (Å²) in [7, 11) is 0. The van der Waals surface area contributed by atoms with Crippen molar-refractivity contribution in [1.29, 1.82) is 0 Å². The van der Waals surface area contributed by atoms with Crippen LogP contribution in [-0.4, -0.2) is 63.5 Å². The topological polar surface area (TPSA) is 121 Å². The van der Waals surface area contributed by atoms with Gasteiger partial charge < -0.3 is 29.7 Å². The molecule has 0 fully saturated rings. The number of rotatable bonds is 13. The highest BCUT2D eigenvalue weighted by Crippen LogP contribution is 2.45. The lowest BCUT2D eigenvalue weighted by atomic mass is 9.82. The Morgan fingerprint density at radius 3 is 2.11 bits per heavy atom. The molecule has 0 bridgehead atoms. The molecule has 4 aromatic carbocycles. The average Bonchev–Trinajstić information content (AvgIpc) is 3.70. The second-order valence-electron chi connectivity index (χ2n) is 14.6. The molecule has 5 aromatic rings. The van der Waals surface area contributed by atoms with Crippen LogP contribution in [0.4, 0.5) is 13.6 Å². The number of amides is 2. The Morgan fingerprint density at radius 1 is 0.870 bits per heavy atom. The van der Waals surface area contributed by atoms with Gasteiger partial charge in [-0.2, -0.15) is 0 Å². The van der Waals surface area contributed by atoms with Gasteiger partial charge in [-0.3, -0.25) is 4.79 Å². The number of carbonyl (C=O) groups is 3. The minimum Gasteiger partial charge on any atom is -0.480 e. The number of ether oxygens (including phenoxy) is 1. The van der Waals surface area contributed by atoms with Crippen molar-refractivity contribution < 1.29 is 38.1 Å². The number of alkyl carbamates (subject to hydrolysis) is 1. The van der Waals surface area contributed by atoms with Gasteiger partial charge in [0.1, 0.15) is 30.9 Å². The lowest BCUT2D eigenvalue weighted by molar-refractivity contribution is -0.143. The van der Waals surface area contributed by atoms with Crippen LogP contribution in [0.25, 0.3) is 22.3 Å². The highest BCUT2D eigenvalue weighted by atomic mass is 19.1. The molecule has 6 rings (SSSR count). The summed E-state index contributed by atoms with van der Waals surface area (Å²) in [6, 6.07) is 27.9. The van der Waals surface area contributed by atoms with E-state index in [1.165, 1.54) is 4.90 Å². The molecule has 0 saturated heterocycles. The number of aliphatic hydroxyl groups excluding tert-OH is 1. The lowest BCUT2D eigenvalue weighted by Gasteiger charge is -2.41. The van der Waals surface area contributed by atoms with E-state index in [2.05, 4.69) is 5.32 Å². The van der Waals surface area contributed by atoms with E-state index >= 15 is 4.39 Å². The second kappa shape index (κ2) is 16.1. The Bertz CT molecular complexity index is 2100. The molecular formula is C43H43F2N3O6. The first-order valence-electron chi connectivity index (χ1n) is 17.8. The van der Waals surface area contributed by atoms with Crippen molar-refractivity contribution in [3.05, 3.63) is 143 Å². The summed E-state index contributed by atoms with van der Waals surface area (Å²) in [5, 5.41) is 22.8. The molecule has 280 valence electrons. The SMILES string of the molecule is CC(C)(C)C(c1cc(-c2cc(F)ccc2F)cn1Cc1ccccc1)N(CC[C@H](NC(=O)OCC1c2ccccc2-c2ccccc21)C(=O)O)C(=O)CO. The van der Waals surface area contributed by atoms with Crippen molar-refractivity contribution >= 4 is 18.0 Å². The molecule has 0 spiro atoms. The van der Waals surface area contributed by atoms with Crippen molar-refractivity contribution in [2.24, 2.45) is 5.41 Å². The van der Waals surface area contributed by atoms with Gasteiger partial charge in [0.25, 0.3) is 0 Å². The van der Waals surface area contributed by atoms with E-state index < -0.39 is 53.7 Å². The number of fused-ring (bicyclic) bond motifs is 3. The van der Waals surface area contributed by atoms with Gasteiger partial charge in [0.15, 0.2) is 0 Å². The molecule has 0 saturated carbocycles. The van der Waals surface area contributed by atoms with Gasteiger partial charge in [-0.15, -0.1) is 0 Å². The number of aliphatic hydroxyl groups is 1. The summed E-state index contributed by atoms with van der Waals surface area (Å²) < 4.78 is 36.9. The van der Waals surface area contributed by atoms with Gasteiger partial charge in [0.2, 0.25) is 5.91 Å². The molecule has 9 nitrogen and oxygen atoms in total. The normalized spacial score (nSPS) is 13.4. The third-order valence-corrected chi connectivity index (χ3v) is 9.83. The zero-order valence-corrected chi connectivity index (χ0v) is 30.3. The molecule has 2 atom stereocenters. The van der Waals surface area contributed by atoms with E-state index in [9.17, 15) is 29.0 Å². The zero-order chi connectivity index (χ0) is 38.6. The molecule has 54 heavy (non-hydrogen) atoms. The Hall–Kier alpha value is -5.81. The number of hydrogen-bond acceptors (Lipinski definition) is 5. The molecule has 1 aliphatic rings. The third-order valence-electron chi connectivity index (χ3n) is 9.83. The summed E-state index contributed by atoms with van der Waals surface area (Å²) in [5.41, 5.74) is 5.29. The molecule has 1 aliphatic carbocycles. The summed E-state index contributed by atoms with van der Waals surface area (Å²) >= 11 is 0. The maximum atomic E-state index is 15.1. The van der Waals surface area contributed by atoms with E-state index in [4.69, 9.17) is 4.74 Å². The summed E-state index contributed by atoms with van der Waals surface area (Å²) in [5.74, 6) is -3.47. The first kappa shape index (κ1) is 37.9. The molecule has 11 heteroatoms. The molecule has 1 heterocycles. The van der Waals surface area contributed by atoms with Crippen LogP contribution >= 0.6 is 0 Å². The van der Waals surface area contributed by atoms with Crippen molar-refractivity contribution in [2.45, 2.75) is 51.7 Å². The van der Waals surface area contributed by atoms with E-state index in [0.29, 0.717) is 17.8 Å². The smallest absolute Gasteiger partial charge is 0.407 e. The number of halogens is 2. The maximum Gasteiger partial charge on any atom is 0.407 e. The minimum absolute atomic E-state index is 0.0138. The second-order valence-corrected chi connectivity index (χ2v) is 14.6. The average molecular weight is 736 g/mol. The highest BCUT2D eigenvalue weighted by Gasteiger charge is 2.38. The van der Waals surface area contributed by atoms with Crippen LogP contribution in [0.5, 0.6) is 0 Å². The van der Waals surface area contributed by atoms with Crippen LogP contribution in [0.2, 0.25) is 0 Å². The molecule has 3 N–H and O–H groups in total. The van der Waals surface area contributed by atoms with Crippen molar-refractivity contribution in [2.75, 3.05) is 19.8 Å². The van der Waals surface area contributed by atoms with E-state index in [-0.39, 0.29) is 31.1 Å². The van der Waals surface area contributed by atoms with E-state index in [1.54, 1.807) is 12.3 Å². The van der Waals surface area contributed by atoms with Crippen molar-refractivity contribution in [3.8, 4) is 22.3 Å². The van der Waals surface area contributed by atoms with Crippen molar-refractivity contribution in [3.63, 3.8) is 0 Å². The van der Waals surface area contributed by atoms with Crippen LogP contribution in [0.3, 0.4) is 0 Å². The van der Waals surface area contributed by atoms with E-state index in [1.807, 2.05) is 104 Å². The third kappa shape index (κ3) is 8.21. The van der Waals surface area contributed by atoms with Crippen LogP contribution in [0.1, 0.15) is 61.5 Å². The number of nitrogens with zero attached hydrogens (tertiary/aromatic N) is 2. The monoisotopic (exact) mass is 735 g/mol. The zero-order valence-electron chi connectivity index (χ0n) is 30.3. The van der Waals surface area contributed by atoms with Crippen molar-refractivity contribution in [1.82, 2.24) is 14.8 Å². The summed E-state index contributed by atoms with van der Waals surface area (Å²) in [4.78, 5) is 40.6. The first-order valence-corrected chi connectivity index (χ1v) is 17.8. The van der Waals surface area contributed by atoms with Gasteiger partial charge in [-0.1, -0.05) is 99.6 Å². The number of carbonyl (C=O) groups excluding carboxylic acids is 2. The maximum absolute atomic E-state index is 15.1. The van der Waals surface area contributed by atoms with Gasteiger partial charge in [-0.25, -0.2) is 18.4 Å². The van der Waals surface area contributed by atoms with Gasteiger partial charge in [0, 0.05) is 42.0 Å². The number of hydrogen-bond donors (Lipinski definition) is 3. The highest BCUT2D eigenvalue weighted by molar-refractivity contribution is 5.82. The Balaban J connectivity index is 1.25. The Labute approximate surface area is 312 Å². The summed E-state index contributed by atoms with van der Waals surface area (Å²) in [6.45, 7) is 4.93. The Morgan fingerprint density at radius 2 is 1.50 bits per heavy atom. The standard InChI is InChI=1S/C43H43F2N3O6/c1-43(2,3)40(38-21-28(34-22-29(44)17-18-36(34)45)24-47(38)23-27-11-5-4-6-12-27)48(39(50)25-49)20-19-37(41(51)52)46-42(53)54-26-35-32-15-9-7-13-30(32)31-14-8-10-16-33(31)35/h4-18,21-22,24,35,37,40,49H,19-20,23,25-26H2,1-3H3,(H,46,53)(H,51,52)/t37-,40?/m0/s1. The fourth-order valence-electron chi connectivity index (χ4n) is 7.41. The number of nitrogens with one attached hydrogen (secondary N) is 1. The minimum atomic E-state index is -1.44. The Kier molecular flexibility index (Phi) is 11.3. The van der Waals surface area contributed by atoms with Crippen LogP contribution < -0.4 is 5.32 Å². The number of carboxylic acids is 1. The number of carboxylic acid groups (broad SMARTS) is 1. The number of benzene rings is 4. The predicted octanol–water partition coefficient (Wildman–Crippen LogP) is 7.77. The summed E-state index contributed by atoms with van der Waals surface area (Å²) in [6.07, 6.45) is 0.553. The van der Waals surface area contributed by atoms with Gasteiger partial charge in [0.05, 0.1) is 6.04 Å². The number of aromatic nitrogens is 1. The molecule has 0 radical (unpaired) electrons. The lowest BCUT2D eigenvalue weighted by Crippen LogP contribution is -2.48. The van der Waals surface area contributed by atoms with Crippen LogP contribution in [-0.2, 0) is 20.9 Å². The first-order chi connectivity index (χ1) is 25.8.